The summed E-state index contributed by atoms with van der Waals surface area (Å²) < 4.78 is 5.23. The highest BCUT2D eigenvalue weighted by molar-refractivity contribution is 5.84. The topological polar surface area (TPSA) is 54.5 Å². The van der Waals surface area contributed by atoms with Gasteiger partial charge in [0.15, 0.2) is 0 Å². The number of amides is 1. The molecule has 0 aliphatic carbocycles. The van der Waals surface area contributed by atoms with Crippen molar-refractivity contribution in [2.75, 3.05) is 16.8 Å². The molecule has 1 aliphatic rings. The summed E-state index contributed by atoms with van der Waals surface area (Å²) in [6, 6.07) is 4.43. The molecule has 1 N–H and O–H groups in total. The average molecular weight is 305 g/mol. The maximum Gasteiger partial charge on any atom is 0.412 e. The molecule has 2 heterocycles. The number of anilines is 2. The molecule has 0 aromatic carbocycles. The Bertz CT molecular complexity index is 494. The Morgan fingerprint density at radius 2 is 2.18 bits per heavy atom. The summed E-state index contributed by atoms with van der Waals surface area (Å²) >= 11 is 0. The van der Waals surface area contributed by atoms with Crippen molar-refractivity contribution in [3.05, 3.63) is 18.3 Å². The van der Waals surface area contributed by atoms with Gasteiger partial charge in [0.05, 0.1) is 11.9 Å². The van der Waals surface area contributed by atoms with E-state index in [0.717, 1.165) is 18.8 Å². The van der Waals surface area contributed by atoms with E-state index in [1.165, 1.54) is 19.3 Å². The van der Waals surface area contributed by atoms with E-state index in [4.69, 9.17) is 4.74 Å². The van der Waals surface area contributed by atoms with Gasteiger partial charge in [0.25, 0.3) is 0 Å². The van der Waals surface area contributed by atoms with Crippen molar-refractivity contribution in [1.29, 1.82) is 0 Å². The van der Waals surface area contributed by atoms with Gasteiger partial charge in [-0.15, -0.1) is 0 Å². The molecule has 1 unspecified atom stereocenters. The SMILES string of the molecule is CCC1CCCCN1c1ccc(NC(=O)OC(C)(C)C)cn1. The van der Waals surface area contributed by atoms with Crippen LogP contribution in [0.2, 0.25) is 0 Å². The van der Waals surface area contributed by atoms with Gasteiger partial charge in [0.2, 0.25) is 0 Å². The van der Waals surface area contributed by atoms with Gasteiger partial charge in [-0.25, -0.2) is 9.78 Å². The lowest BCUT2D eigenvalue weighted by Gasteiger charge is -2.36. The summed E-state index contributed by atoms with van der Waals surface area (Å²) in [6.07, 6.45) is 6.13. The summed E-state index contributed by atoms with van der Waals surface area (Å²) in [5.74, 6) is 0.987. The Morgan fingerprint density at radius 3 is 2.77 bits per heavy atom. The fourth-order valence-corrected chi connectivity index (χ4v) is 2.78. The van der Waals surface area contributed by atoms with E-state index in [1.807, 2.05) is 32.9 Å². The Hall–Kier alpha value is -1.78. The summed E-state index contributed by atoms with van der Waals surface area (Å²) in [5, 5.41) is 2.71. The van der Waals surface area contributed by atoms with Gasteiger partial charge in [0, 0.05) is 12.6 Å². The molecule has 1 aromatic heterocycles. The Balaban J connectivity index is 1.99. The molecule has 22 heavy (non-hydrogen) atoms. The molecule has 0 radical (unpaired) electrons. The number of carbonyl (C=O) groups is 1. The smallest absolute Gasteiger partial charge is 0.412 e. The minimum absolute atomic E-state index is 0.452. The average Bonchev–Trinajstić information content (AvgIpc) is 2.46. The van der Waals surface area contributed by atoms with Crippen molar-refractivity contribution >= 4 is 17.6 Å². The van der Waals surface area contributed by atoms with Crippen molar-refractivity contribution in [3.8, 4) is 0 Å². The highest BCUT2D eigenvalue weighted by Crippen LogP contribution is 2.25. The first-order chi connectivity index (χ1) is 10.4. The predicted octanol–water partition coefficient (Wildman–Crippen LogP) is 4.20. The highest BCUT2D eigenvalue weighted by atomic mass is 16.6. The predicted molar refractivity (Wildman–Crippen MR) is 89.4 cm³/mol. The number of nitrogens with zero attached hydrogens (tertiary/aromatic N) is 2. The van der Waals surface area contributed by atoms with Crippen LogP contribution in [0.1, 0.15) is 53.4 Å². The normalized spacial score (nSPS) is 18.9. The van der Waals surface area contributed by atoms with Gasteiger partial charge in [-0.3, -0.25) is 5.32 Å². The van der Waals surface area contributed by atoms with E-state index in [9.17, 15) is 4.79 Å². The molecule has 1 amide bonds. The molecule has 122 valence electrons. The summed E-state index contributed by atoms with van der Waals surface area (Å²) in [4.78, 5) is 18.6. The van der Waals surface area contributed by atoms with Crippen LogP contribution in [0.25, 0.3) is 0 Å². The van der Waals surface area contributed by atoms with Crippen LogP contribution in [0.3, 0.4) is 0 Å². The van der Waals surface area contributed by atoms with E-state index in [0.29, 0.717) is 11.7 Å². The number of nitrogens with one attached hydrogen (secondary N) is 1. The van der Waals surface area contributed by atoms with Crippen LogP contribution < -0.4 is 10.2 Å². The molecule has 5 nitrogen and oxygen atoms in total. The van der Waals surface area contributed by atoms with Crippen molar-refractivity contribution < 1.29 is 9.53 Å². The largest absolute Gasteiger partial charge is 0.444 e. The fourth-order valence-electron chi connectivity index (χ4n) is 2.78. The summed E-state index contributed by atoms with van der Waals surface area (Å²) in [5.41, 5.74) is 0.155. The molecular weight excluding hydrogens is 278 g/mol. The Labute approximate surface area is 133 Å². The van der Waals surface area contributed by atoms with Crippen LogP contribution in [-0.2, 0) is 4.74 Å². The van der Waals surface area contributed by atoms with E-state index in [1.54, 1.807) is 6.20 Å². The van der Waals surface area contributed by atoms with E-state index >= 15 is 0 Å². The third-order valence-corrected chi connectivity index (χ3v) is 3.79. The van der Waals surface area contributed by atoms with Crippen LogP contribution in [0.4, 0.5) is 16.3 Å². The second kappa shape index (κ2) is 6.99. The second-order valence-electron chi connectivity index (χ2n) is 6.78. The zero-order valence-corrected chi connectivity index (χ0v) is 14.1. The molecular formula is C17H27N3O2. The maximum atomic E-state index is 11.7. The number of pyridine rings is 1. The maximum absolute atomic E-state index is 11.7. The first-order valence-electron chi connectivity index (χ1n) is 8.12. The lowest BCUT2D eigenvalue weighted by atomic mass is 10.00. The molecule has 1 aliphatic heterocycles. The second-order valence-corrected chi connectivity index (χ2v) is 6.78. The third-order valence-electron chi connectivity index (χ3n) is 3.79. The third kappa shape index (κ3) is 4.61. The summed E-state index contributed by atoms with van der Waals surface area (Å²) in [6.45, 7) is 8.81. The quantitative estimate of drug-likeness (QED) is 0.909. The van der Waals surface area contributed by atoms with Crippen LogP contribution >= 0.6 is 0 Å². The number of hydrogen-bond donors (Lipinski definition) is 1. The molecule has 1 saturated heterocycles. The van der Waals surface area contributed by atoms with Crippen LogP contribution in [-0.4, -0.2) is 29.3 Å². The lowest BCUT2D eigenvalue weighted by Crippen LogP contribution is -2.39. The number of ether oxygens (including phenoxy) is 1. The zero-order chi connectivity index (χ0) is 16.2. The highest BCUT2D eigenvalue weighted by Gasteiger charge is 2.22. The Morgan fingerprint density at radius 1 is 1.41 bits per heavy atom. The minimum atomic E-state index is -0.500. The van der Waals surface area contributed by atoms with Gasteiger partial charge in [0.1, 0.15) is 11.4 Å². The number of carbonyl (C=O) groups excluding carboxylic acids is 1. The van der Waals surface area contributed by atoms with Crippen molar-refractivity contribution in [1.82, 2.24) is 4.98 Å². The van der Waals surface area contributed by atoms with E-state index in [-0.39, 0.29) is 0 Å². The molecule has 0 spiro atoms. The minimum Gasteiger partial charge on any atom is -0.444 e. The number of aromatic nitrogens is 1. The first-order valence-corrected chi connectivity index (χ1v) is 8.12. The molecule has 2 rings (SSSR count). The van der Waals surface area contributed by atoms with Gasteiger partial charge in [-0.2, -0.15) is 0 Å². The van der Waals surface area contributed by atoms with Gasteiger partial charge in [-0.1, -0.05) is 6.92 Å². The van der Waals surface area contributed by atoms with E-state index in [2.05, 4.69) is 22.1 Å². The molecule has 5 heteroatoms. The van der Waals surface area contributed by atoms with Gasteiger partial charge in [-0.05, 0) is 58.6 Å². The standard InChI is InChI=1S/C17H27N3O2/c1-5-14-8-6-7-11-20(14)15-10-9-13(12-18-15)19-16(21)22-17(2,3)4/h9-10,12,14H,5-8,11H2,1-4H3,(H,19,21). The summed E-state index contributed by atoms with van der Waals surface area (Å²) in [7, 11) is 0. The molecule has 0 saturated carbocycles. The fraction of sp³-hybridized carbons (Fsp3) is 0.647. The van der Waals surface area contributed by atoms with Crippen molar-refractivity contribution in [2.45, 2.75) is 65.0 Å². The van der Waals surface area contributed by atoms with Gasteiger partial charge >= 0.3 is 6.09 Å². The first kappa shape index (κ1) is 16.6. The number of rotatable bonds is 3. The zero-order valence-electron chi connectivity index (χ0n) is 14.1. The van der Waals surface area contributed by atoms with Crippen LogP contribution in [0.5, 0.6) is 0 Å². The van der Waals surface area contributed by atoms with E-state index < -0.39 is 11.7 Å². The molecule has 1 aromatic rings. The van der Waals surface area contributed by atoms with Crippen molar-refractivity contribution in [2.24, 2.45) is 0 Å². The van der Waals surface area contributed by atoms with Crippen molar-refractivity contribution in [3.63, 3.8) is 0 Å². The molecule has 0 bridgehead atoms. The Kier molecular flexibility index (Phi) is 5.27. The number of piperidine rings is 1. The van der Waals surface area contributed by atoms with Crippen LogP contribution in [0, 0.1) is 0 Å². The van der Waals surface area contributed by atoms with Gasteiger partial charge < -0.3 is 9.64 Å². The molecule has 1 atom stereocenters. The lowest BCUT2D eigenvalue weighted by molar-refractivity contribution is 0.0636. The monoisotopic (exact) mass is 305 g/mol. The molecule has 1 fully saturated rings. The number of hydrogen-bond acceptors (Lipinski definition) is 4. The van der Waals surface area contributed by atoms with Crippen LogP contribution in [0.15, 0.2) is 18.3 Å².